The van der Waals surface area contributed by atoms with Crippen molar-refractivity contribution in [2.75, 3.05) is 0 Å². The summed E-state index contributed by atoms with van der Waals surface area (Å²) in [5.41, 5.74) is 3.34. The van der Waals surface area contributed by atoms with Crippen molar-refractivity contribution < 1.29 is 23.8 Å². The van der Waals surface area contributed by atoms with Gasteiger partial charge in [-0.3, -0.25) is 0 Å². The van der Waals surface area contributed by atoms with Gasteiger partial charge in [0.15, 0.2) is 0 Å². The van der Waals surface area contributed by atoms with Crippen LogP contribution in [0.3, 0.4) is 0 Å². The third-order valence-corrected chi connectivity index (χ3v) is 4.04. The molecule has 2 aromatic carbocycles. The van der Waals surface area contributed by atoms with E-state index < -0.39 is 11.9 Å². The fourth-order valence-electron chi connectivity index (χ4n) is 2.80. The molecule has 0 heterocycles. The van der Waals surface area contributed by atoms with Crippen molar-refractivity contribution in [1.82, 2.24) is 0 Å². The molecule has 0 saturated heterocycles. The normalized spacial score (nSPS) is 10.0. The molecule has 0 spiro atoms. The highest BCUT2D eigenvalue weighted by Crippen LogP contribution is 2.32. The Hall–Kier alpha value is -3.86. The van der Waals surface area contributed by atoms with Crippen LogP contribution in [0.4, 0.5) is 0 Å². The Balaban J connectivity index is 2.35. The quantitative estimate of drug-likeness (QED) is 0.208. The number of esters is 2. The van der Waals surface area contributed by atoms with Crippen molar-refractivity contribution in [3.8, 4) is 23.0 Å². The van der Waals surface area contributed by atoms with E-state index in [-0.39, 0.29) is 0 Å². The average Bonchev–Trinajstić information content (AvgIpc) is 2.70. The highest BCUT2D eigenvalue weighted by Gasteiger charge is 2.13. The minimum atomic E-state index is -0.536. The van der Waals surface area contributed by atoms with Crippen LogP contribution in [-0.4, -0.2) is 11.9 Å². The first kappa shape index (κ1) is 23.4. The largest absolute Gasteiger partial charge is 0.457 e. The molecule has 2 rings (SSSR count). The number of rotatable bonds is 10. The predicted octanol–water partition coefficient (Wildman–Crippen LogP) is 5.90. The molecule has 31 heavy (non-hydrogen) atoms. The van der Waals surface area contributed by atoms with Gasteiger partial charge in [-0.2, -0.15) is 0 Å². The molecule has 0 aliphatic heterocycles. The topological polar surface area (TPSA) is 61.8 Å². The monoisotopic (exact) mass is 418 g/mol. The summed E-state index contributed by atoms with van der Waals surface area (Å²) >= 11 is 0. The molecular weight excluding hydrogens is 392 g/mol. The summed E-state index contributed by atoms with van der Waals surface area (Å²) in [5.74, 6) is 0.903. The number of carbonyl (C=O) groups is 2. The summed E-state index contributed by atoms with van der Waals surface area (Å²) in [6.07, 6.45) is 3.26. The van der Waals surface area contributed by atoms with Crippen LogP contribution in [0.15, 0.2) is 86.0 Å². The Labute approximate surface area is 183 Å². The van der Waals surface area contributed by atoms with Gasteiger partial charge in [-0.15, -0.1) is 0 Å². The first-order chi connectivity index (χ1) is 14.7. The summed E-state index contributed by atoms with van der Waals surface area (Å²) in [4.78, 5) is 23.2. The average molecular weight is 418 g/mol. The van der Waals surface area contributed by atoms with E-state index in [1.165, 1.54) is 0 Å². The molecule has 0 atom stereocenters. The minimum absolute atomic E-state index is 0.426. The van der Waals surface area contributed by atoms with E-state index in [1.807, 2.05) is 13.8 Å². The predicted molar refractivity (Wildman–Crippen MR) is 122 cm³/mol. The first-order valence-corrected chi connectivity index (χ1v) is 9.62. The molecule has 5 nitrogen and oxygen atoms in total. The molecule has 0 N–H and O–H groups in total. The van der Waals surface area contributed by atoms with Crippen LogP contribution in [0.5, 0.6) is 23.0 Å². The molecular formula is C26H26O5. The Morgan fingerprint density at radius 2 is 1.16 bits per heavy atom. The Morgan fingerprint density at radius 1 is 0.774 bits per heavy atom. The van der Waals surface area contributed by atoms with Crippen LogP contribution < -0.4 is 14.2 Å². The van der Waals surface area contributed by atoms with Gasteiger partial charge in [0, 0.05) is 23.3 Å². The van der Waals surface area contributed by atoms with Crippen molar-refractivity contribution in [2.24, 2.45) is 0 Å². The van der Waals surface area contributed by atoms with E-state index in [0.29, 0.717) is 35.8 Å². The van der Waals surface area contributed by atoms with Gasteiger partial charge in [-0.05, 0) is 63.1 Å². The van der Waals surface area contributed by atoms with Crippen molar-refractivity contribution in [1.29, 1.82) is 0 Å². The number of carbonyl (C=O) groups excluding carboxylic acids is 2. The molecule has 0 amide bonds. The lowest BCUT2D eigenvalue weighted by Gasteiger charge is -2.14. The maximum absolute atomic E-state index is 11.6. The first-order valence-electron chi connectivity index (χ1n) is 9.62. The number of hydrogen-bond acceptors (Lipinski definition) is 5. The lowest BCUT2D eigenvalue weighted by molar-refractivity contribution is -0.129. The van der Waals surface area contributed by atoms with Gasteiger partial charge in [0.05, 0.1) is 0 Å². The van der Waals surface area contributed by atoms with Gasteiger partial charge in [0.25, 0.3) is 0 Å². The highest BCUT2D eigenvalue weighted by molar-refractivity contribution is 5.84. The molecule has 5 heteroatoms. The van der Waals surface area contributed by atoms with Gasteiger partial charge in [-0.25, -0.2) is 9.59 Å². The highest BCUT2D eigenvalue weighted by atomic mass is 16.5. The van der Waals surface area contributed by atoms with E-state index in [0.717, 1.165) is 34.4 Å². The molecule has 160 valence electrons. The van der Waals surface area contributed by atoms with Crippen LogP contribution in [0.25, 0.3) is 0 Å². The maximum atomic E-state index is 11.6. The zero-order valence-corrected chi connectivity index (χ0v) is 17.9. The van der Waals surface area contributed by atoms with Gasteiger partial charge < -0.3 is 14.2 Å². The van der Waals surface area contributed by atoms with Crippen LogP contribution in [-0.2, 0) is 22.4 Å². The fourth-order valence-corrected chi connectivity index (χ4v) is 2.80. The summed E-state index contributed by atoms with van der Waals surface area (Å²) in [5, 5.41) is 0. The van der Waals surface area contributed by atoms with E-state index in [1.54, 1.807) is 36.4 Å². The lowest BCUT2D eigenvalue weighted by Crippen LogP contribution is -2.06. The lowest BCUT2D eigenvalue weighted by atomic mass is 10.1. The zero-order chi connectivity index (χ0) is 23.0. The molecule has 0 radical (unpaired) electrons. The molecule has 0 aliphatic rings. The summed E-state index contributed by atoms with van der Waals surface area (Å²) in [7, 11) is 0. The number of benzene rings is 2. The second-order valence-electron chi connectivity index (χ2n) is 7.16. The Kier molecular flexibility index (Phi) is 8.15. The number of hydrogen-bond donors (Lipinski definition) is 0. The van der Waals surface area contributed by atoms with Gasteiger partial charge in [0.2, 0.25) is 0 Å². The fraction of sp³-hybridized carbons (Fsp3) is 0.154. The molecule has 0 aliphatic carbocycles. The van der Waals surface area contributed by atoms with Crippen molar-refractivity contribution in [2.45, 2.75) is 26.7 Å². The summed E-state index contributed by atoms with van der Waals surface area (Å²) in [6.45, 7) is 18.5. The molecule has 0 unspecified atom stereocenters. The Bertz CT molecular complexity index is 962. The maximum Gasteiger partial charge on any atom is 0.335 e. The molecule has 2 aromatic rings. The zero-order valence-electron chi connectivity index (χ0n) is 17.9. The van der Waals surface area contributed by atoms with E-state index in [9.17, 15) is 9.59 Å². The second kappa shape index (κ2) is 10.8. The third kappa shape index (κ3) is 7.16. The molecule has 0 bridgehead atoms. The standard InChI is InChI=1S/C26H26O5/c1-7-25(27)30-23-11-9-21(15-19(23)13-17(3)4)29-22-10-12-24(31-26(28)8-2)20(16-22)14-18(5)6/h7-12,15-16H,1-3,5,13-14H2,4,6H3. The van der Waals surface area contributed by atoms with E-state index >= 15 is 0 Å². The van der Waals surface area contributed by atoms with Crippen LogP contribution >= 0.6 is 0 Å². The molecule has 0 saturated carbocycles. The summed E-state index contributed by atoms with van der Waals surface area (Å²) in [6, 6.07) is 10.3. The van der Waals surface area contributed by atoms with Gasteiger partial charge in [-0.1, -0.05) is 37.5 Å². The van der Waals surface area contributed by atoms with Crippen LogP contribution in [0.1, 0.15) is 25.0 Å². The van der Waals surface area contributed by atoms with Gasteiger partial charge >= 0.3 is 11.9 Å². The molecule has 0 aromatic heterocycles. The van der Waals surface area contributed by atoms with Gasteiger partial charge in [0.1, 0.15) is 23.0 Å². The van der Waals surface area contributed by atoms with Crippen LogP contribution in [0.2, 0.25) is 0 Å². The van der Waals surface area contributed by atoms with E-state index in [2.05, 4.69) is 26.3 Å². The molecule has 0 fully saturated rings. The smallest absolute Gasteiger partial charge is 0.335 e. The Morgan fingerprint density at radius 3 is 1.48 bits per heavy atom. The van der Waals surface area contributed by atoms with Crippen molar-refractivity contribution >= 4 is 11.9 Å². The SMILES string of the molecule is C=CC(=O)Oc1ccc(Oc2ccc(OC(=O)C=C)c(CC(=C)C)c2)cc1CC(=C)C. The number of allylic oxidation sites excluding steroid dienone is 2. The number of ether oxygens (including phenoxy) is 3. The summed E-state index contributed by atoms with van der Waals surface area (Å²) < 4.78 is 16.6. The van der Waals surface area contributed by atoms with Crippen molar-refractivity contribution in [3.63, 3.8) is 0 Å². The third-order valence-electron chi connectivity index (χ3n) is 4.04. The second-order valence-corrected chi connectivity index (χ2v) is 7.16. The van der Waals surface area contributed by atoms with Crippen LogP contribution in [0, 0.1) is 0 Å². The van der Waals surface area contributed by atoms with E-state index in [4.69, 9.17) is 14.2 Å². The minimum Gasteiger partial charge on any atom is -0.457 e. The van der Waals surface area contributed by atoms with Crippen molar-refractivity contribution in [3.05, 3.63) is 97.1 Å².